The largest absolute Gasteiger partial charge is 0.306 e. The van der Waals surface area contributed by atoms with Gasteiger partial charge in [0.1, 0.15) is 5.82 Å². The van der Waals surface area contributed by atoms with Gasteiger partial charge < -0.3 is 5.32 Å². The number of nitrogens with one attached hydrogen (secondary N) is 1. The smallest absolute Gasteiger partial charge is 0.124 e. The SMILES string of the molecule is CC(NCc1cccc(C#N)c1)c1ccc(F)cc1Br. The summed E-state index contributed by atoms with van der Waals surface area (Å²) in [6.07, 6.45) is 0. The summed E-state index contributed by atoms with van der Waals surface area (Å²) in [4.78, 5) is 0. The standard InChI is InChI=1S/C16H14BrFN2/c1-11(15-6-5-14(18)8-16(15)17)20-10-13-4-2-3-12(7-13)9-19/h2-8,11,20H,10H2,1H3. The van der Waals surface area contributed by atoms with Gasteiger partial charge in [0, 0.05) is 17.1 Å². The quantitative estimate of drug-likeness (QED) is 0.905. The van der Waals surface area contributed by atoms with Crippen LogP contribution in [0.5, 0.6) is 0 Å². The molecule has 0 aliphatic heterocycles. The summed E-state index contributed by atoms with van der Waals surface area (Å²) in [7, 11) is 0. The fourth-order valence-corrected chi connectivity index (χ4v) is 2.68. The van der Waals surface area contributed by atoms with E-state index < -0.39 is 0 Å². The maximum absolute atomic E-state index is 13.1. The molecule has 1 N–H and O–H groups in total. The minimum absolute atomic E-state index is 0.0794. The van der Waals surface area contributed by atoms with E-state index >= 15 is 0 Å². The van der Waals surface area contributed by atoms with E-state index in [1.54, 1.807) is 12.1 Å². The molecule has 2 aromatic rings. The molecule has 20 heavy (non-hydrogen) atoms. The highest BCUT2D eigenvalue weighted by Crippen LogP contribution is 2.24. The van der Waals surface area contributed by atoms with Crippen LogP contribution >= 0.6 is 15.9 Å². The maximum Gasteiger partial charge on any atom is 0.124 e. The van der Waals surface area contributed by atoms with E-state index in [1.807, 2.05) is 25.1 Å². The lowest BCUT2D eigenvalue weighted by atomic mass is 10.1. The van der Waals surface area contributed by atoms with Gasteiger partial charge in [0.05, 0.1) is 11.6 Å². The highest BCUT2D eigenvalue weighted by Gasteiger charge is 2.09. The minimum Gasteiger partial charge on any atom is -0.306 e. The van der Waals surface area contributed by atoms with Crippen molar-refractivity contribution in [3.63, 3.8) is 0 Å². The van der Waals surface area contributed by atoms with Crippen LogP contribution in [0.4, 0.5) is 4.39 Å². The van der Waals surface area contributed by atoms with E-state index in [9.17, 15) is 4.39 Å². The number of hydrogen-bond acceptors (Lipinski definition) is 2. The third kappa shape index (κ3) is 3.66. The summed E-state index contributed by atoms with van der Waals surface area (Å²) < 4.78 is 13.8. The normalized spacial score (nSPS) is 11.9. The zero-order valence-electron chi connectivity index (χ0n) is 11.0. The topological polar surface area (TPSA) is 35.8 Å². The van der Waals surface area contributed by atoms with E-state index in [0.717, 1.165) is 15.6 Å². The molecule has 0 radical (unpaired) electrons. The zero-order chi connectivity index (χ0) is 14.5. The Labute approximate surface area is 126 Å². The zero-order valence-corrected chi connectivity index (χ0v) is 12.6. The van der Waals surface area contributed by atoms with Gasteiger partial charge in [0.25, 0.3) is 0 Å². The molecule has 0 fully saturated rings. The molecule has 0 saturated carbocycles. The first-order valence-corrected chi connectivity index (χ1v) is 7.07. The van der Waals surface area contributed by atoms with Crippen LogP contribution in [0.15, 0.2) is 46.9 Å². The second kappa shape index (κ2) is 6.65. The Morgan fingerprint density at radius 1 is 1.30 bits per heavy atom. The van der Waals surface area contributed by atoms with E-state index in [1.165, 1.54) is 12.1 Å². The number of benzene rings is 2. The molecule has 0 saturated heterocycles. The van der Waals surface area contributed by atoms with Crippen LogP contribution in [0.25, 0.3) is 0 Å². The summed E-state index contributed by atoms with van der Waals surface area (Å²) in [6.45, 7) is 2.67. The Morgan fingerprint density at radius 3 is 2.80 bits per heavy atom. The predicted molar refractivity (Wildman–Crippen MR) is 80.5 cm³/mol. The summed E-state index contributed by atoms with van der Waals surface area (Å²) in [5.74, 6) is -0.255. The first kappa shape index (κ1) is 14.7. The van der Waals surface area contributed by atoms with Crippen molar-refractivity contribution < 1.29 is 4.39 Å². The van der Waals surface area contributed by atoms with Crippen LogP contribution in [-0.2, 0) is 6.54 Å². The summed E-state index contributed by atoms with van der Waals surface area (Å²) in [5.41, 5.74) is 2.71. The monoisotopic (exact) mass is 332 g/mol. The lowest BCUT2D eigenvalue weighted by Gasteiger charge is -2.16. The Balaban J connectivity index is 2.04. The van der Waals surface area contributed by atoms with E-state index in [4.69, 9.17) is 5.26 Å². The van der Waals surface area contributed by atoms with Gasteiger partial charge >= 0.3 is 0 Å². The van der Waals surface area contributed by atoms with Crippen LogP contribution in [0.2, 0.25) is 0 Å². The van der Waals surface area contributed by atoms with Gasteiger partial charge in [-0.1, -0.05) is 34.1 Å². The molecule has 1 unspecified atom stereocenters. The summed E-state index contributed by atoms with van der Waals surface area (Å²) in [6, 6.07) is 14.4. The number of rotatable bonds is 4. The van der Waals surface area contributed by atoms with Crippen LogP contribution in [0, 0.1) is 17.1 Å². The lowest BCUT2D eigenvalue weighted by Crippen LogP contribution is -2.18. The number of nitrogens with zero attached hydrogens (tertiary/aromatic N) is 1. The molecule has 0 bridgehead atoms. The average Bonchev–Trinajstić information content (AvgIpc) is 2.45. The second-order valence-corrected chi connectivity index (χ2v) is 5.43. The average molecular weight is 333 g/mol. The van der Waals surface area contributed by atoms with Crippen LogP contribution in [-0.4, -0.2) is 0 Å². The molecule has 2 nitrogen and oxygen atoms in total. The molecular formula is C16H14BrFN2. The van der Waals surface area contributed by atoms with Crippen molar-refractivity contribution >= 4 is 15.9 Å². The molecular weight excluding hydrogens is 319 g/mol. The Bertz CT molecular complexity index is 649. The van der Waals surface area contributed by atoms with Crippen molar-refractivity contribution in [3.05, 3.63) is 69.4 Å². The van der Waals surface area contributed by atoms with Gasteiger partial charge in [-0.3, -0.25) is 0 Å². The van der Waals surface area contributed by atoms with Crippen molar-refractivity contribution in [3.8, 4) is 6.07 Å². The van der Waals surface area contributed by atoms with Crippen LogP contribution in [0.3, 0.4) is 0 Å². The van der Waals surface area contributed by atoms with Crippen molar-refractivity contribution in [2.45, 2.75) is 19.5 Å². The number of halogens is 2. The Kier molecular flexibility index (Phi) is 4.89. The lowest BCUT2D eigenvalue weighted by molar-refractivity contribution is 0.568. The van der Waals surface area contributed by atoms with E-state index in [2.05, 4.69) is 27.3 Å². The third-order valence-corrected chi connectivity index (χ3v) is 3.78. The van der Waals surface area contributed by atoms with Gasteiger partial charge in [-0.25, -0.2) is 4.39 Å². The van der Waals surface area contributed by atoms with E-state index in [-0.39, 0.29) is 11.9 Å². The van der Waals surface area contributed by atoms with Crippen molar-refractivity contribution in [1.82, 2.24) is 5.32 Å². The molecule has 102 valence electrons. The molecule has 0 amide bonds. The van der Waals surface area contributed by atoms with Crippen molar-refractivity contribution in [2.75, 3.05) is 0 Å². The molecule has 0 aliphatic carbocycles. The number of nitriles is 1. The maximum atomic E-state index is 13.1. The Morgan fingerprint density at radius 2 is 2.10 bits per heavy atom. The van der Waals surface area contributed by atoms with Crippen molar-refractivity contribution in [1.29, 1.82) is 5.26 Å². The van der Waals surface area contributed by atoms with Crippen LogP contribution in [0.1, 0.15) is 29.7 Å². The van der Waals surface area contributed by atoms with E-state index in [0.29, 0.717) is 12.1 Å². The summed E-state index contributed by atoms with van der Waals surface area (Å²) >= 11 is 3.37. The highest BCUT2D eigenvalue weighted by molar-refractivity contribution is 9.10. The first-order chi connectivity index (χ1) is 9.60. The van der Waals surface area contributed by atoms with Gasteiger partial charge in [-0.15, -0.1) is 0 Å². The Hall–Kier alpha value is -1.70. The van der Waals surface area contributed by atoms with Crippen LogP contribution < -0.4 is 5.32 Å². The van der Waals surface area contributed by atoms with Gasteiger partial charge in [-0.05, 0) is 42.3 Å². The highest BCUT2D eigenvalue weighted by atomic mass is 79.9. The molecule has 0 heterocycles. The molecule has 0 aliphatic rings. The predicted octanol–water partition coefficient (Wildman–Crippen LogP) is 4.31. The molecule has 2 rings (SSSR count). The molecule has 0 aromatic heterocycles. The fourth-order valence-electron chi connectivity index (χ4n) is 1.98. The molecule has 0 spiro atoms. The molecule has 4 heteroatoms. The van der Waals surface area contributed by atoms with Gasteiger partial charge in [0.15, 0.2) is 0 Å². The molecule has 1 atom stereocenters. The van der Waals surface area contributed by atoms with Crippen molar-refractivity contribution in [2.24, 2.45) is 0 Å². The number of hydrogen-bond donors (Lipinski definition) is 1. The van der Waals surface area contributed by atoms with Gasteiger partial charge in [0.2, 0.25) is 0 Å². The van der Waals surface area contributed by atoms with Gasteiger partial charge in [-0.2, -0.15) is 5.26 Å². The second-order valence-electron chi connectivity index (χ2n) is 4.58. The summed E-state index contributed by atoms with van der Waals surface area (Å²) in [5, 5.41) is 12.2. The fraction of sp³-hybridized carbons (Fsp3) is 0.188. The first-order valence-electron chi connectivity index (χ1n) is 6.27. The minimum atomic E-state index is -0.255. The molecule has 2 aromatic carbocycles. The third-order valence-electron chi connectivity index (χ3n) is 3.10.